The van der Waals surface area contributed by atoms with E-state index >= 15 is 0 Å². The van der Waals surface area contributed by atoms with Gasteiger partial charge in [0.15, 0.2) is 9.84 Å². The van der Waals surface area contributed by atoms with Gasteiger partial charge in [-0.1, -0.05) is 0 Å². The molecule has 1 amide bonds. The summed E-state index contributed by atoms with van der Waals surface area (Å²) >= 11 is 0. The third-order valence-electron chi connectivity index (χ3n) is 2.57. The van der Waals surface area contributed by atoms with Crippen molar-refractivity contribution in [2.75, 3.05) is 25.2 Å². The highest BCUT2D eigenvalue weighted by Crippen LogP contribution is 2.22. The van der Waals surface area contributed by atoms with Crippen molar-refractivity contribution >= 4 is 15.9 Å². The summed E-state index contributed by atoms with van der Waals surface area (Å²) in [5.74, 6) is 0.905. The van der Waals surface area contributed by atoms with Crippen LogP contribution < -0.4 is 5.32 Å². The molecule has 0 aromatic heterocycles. The smallest absolute Gasteiger partial charge is 0.406 e. The summed E-state index contributed by atoms with van der Waals surface area (Å²) in [6.45, 7) is 0.545. The first kappa shape index (κ1) is 12.3. The molecule has 0 aromatic carbocycles. The fourth-order valence-electron chi connectivity index (χ4n) is 1.75. The topological polar surface area (TPSA) is 72.5 Å². The van der Waals surface area contributed by atoms with Crippen molar-refractivity contribution in [3.63, 3.8) is 0 Å². The first-order valence-electron chi connectivity index (χ1n) is 5.06. The second-order valence-corrected chi connectivity index (χ2v) is 6.06. The van der Waals surface area contributed by atoms with E-state index in [1.165, 1.54) is 7.11 Å². The zero-order valence-corrected chi connectivity index (χ0v) is 9.68. The van der Waals surface area contributed by atoms with Gasteiger partial charge in [0.2, 0.25) is 0 Å². The highest BCUT2D eigenvalue weighted by molar-refractivity contribution is 7.91. The number of alkyl carbamates (subject to hydrolysis) is 1. The lowest BCUT2D eigenvalue weighted by Crippen LogP contribution is -2.24. The summed E-state index contributed by atoms with van der Waals surface area (Å²) in [6.07, 6.45) is 1.98. The predicted octanol–water partition coefficient (Wildman–Crippen LogP) is 0.557. The number of ether oxygens (including phenoxy) is 1. The Morgan fingerprint density at radius 2 is 2.27 bits per heavy atom. The molecule has 0 radical (unpaired) electrons. The summed E-state index contributed by atoms with van der Waals surface area (Å²) in [6, 6.07) is 0. The van der Waals surface area contributed by atoms with Crippen molar-refractivity contribution in [1.29, 1.82) is 0 Å². The molecule has 1 rings (SSSR count). The van der Waals surface area contributed by atoms with Crippen molar-refractivity contribution in [1.82, 2.24) is 5.32 Å². The van der Waals surface area contributed by atoms with Gasteiger partial charge in [0, 0.05) is 6.54 Å². The Labute approximate surface area is 90.1 Å². The molecule has 1 atom stereocenters. The summed E-state index contributed by atoms with van der Waals surface area (Å²) in [5.41, 5.74) is 0. The van der Waals surface area contributed by atoms with E-state index in [4.69, 9.17) is 0 Å². The van der Waals surface area contributed by atoms with Crippen LogP contribution in [0.5, 0.6) is 0 Å². The molecule has 0 aromatic rings. The molecular formula is C9H17NO4S. The highest BCUT2D eigenvalue weighted by atomic mass is 32.2. The Morgan fingerprint density at radius 1 is 1.53 bits per heavy atom. The summed E-state index contributed by atoms with van der Waals surface area (Å²) < 4.78 is 26.7. The largest absolute Gasteiger partial charge is 0.453 e. The van der Waals surface area contributed by atoms with Crippen molar-refractivity contribution in [3.05, 3.63) is 0 Å². The molecule has 1 N–H and O–H groups in total. The molecule has 0 bridgehead atoms. The molecule has 0 saturated carbocycles. The zero-order valence-electron chi connectivity index (χ0n) is 8.86. The van der Waals surface area contributed by atoms with E-state index in [0.717, 1.165) is 19.3 Å². The Hall–Kier alpha value is -0.780. The lowest BCUT2D eigenvalue weighted by molar-refractivity contribution is 0.170. The second-order valence-electron chi connectivity index (χ2n) is 3.83. The standard InChI is InChI=1S/C9H17NO4S/c1-14-9(11)10-5-2-3-8-4-6-15(12,13)7-8/h8H,2-7H2,1H3,(H,10,11). The minimum Gasteiger partial charge on any atom is -0.453 e. The van der Waals surface area contributed by atoms with Crippen LogP contribution in [0.1, 0.15) is 19.3 Å². The highest BCUT2D eigenvalue weighted by Gasteiger charge is 2.27. The van der Waals surface area contributed by atoms with E-state index in [1.807, 2.05) is 0 Å². The van der Waals surface area contributed by atoms with Crippen molar-refractivity contribution in [3.8, 4) is 0 Å². The SMILES string of the molecule is COC(=O)NCCCC1CCS(=O)(=O)C1. The Balaban J connectivity index is 2.09. The van der Waals surface area contributed by atoms with Crippen LogP contribution in [0.4, 0.5) is 4.79 Å². The maximum Gasteiger partial charge on any atom is 0.406 e. The lowest BCUT2D eigenvalue weighted by Gasteiger charge is -2.07. The van der Waals surface area contributed by atoms with Crippen LogP contribution in [0.3, 0.4) is 0 Å². The van der Waals surface area contributed by atoms with Gasteiger partial charge in [0.05, 0.1) is 18.6 Å². The van der Waals surface area contributed by atoms with Gasteiger partial charge in [-0.3, -0.25) is 0 Å². The summed E-state index contributed by atoms with van der Waals surface area (Å²) in [4.78, 5) is 10.7. The lowest BCUT2D eigenvalue weighted by atomic mass is 10.0. The van der Waals surface area contributed by atoms with Crippen molar-refractivity contribution in [2.24, 2.45) is 5.92 Å². The van der Waals surface area contributed by atoms with Gasteiger partial charge in [-0.15, -0.1) is 0 Å². The Bertz CT molecular complexity index is 312. The van der Waals surface area contributed by atoms with E-state index in [9.17, 15) is 13.2 Å². The third kappa shape index (κ3) is 4.51. The minimum atomic E-state index is -2.77. The molecule has 5 nitrogen and oxygen atoms in total. The monoisotopic (exact) mass is 235 g/mol. The van der Waals surface area contributed by atoms with Gasteiger partial charge in [-0.2, -0.15) is 0 Å². The molecule has 88 valence electrons. The number of methoxy groups -OCH3 is 1. The van der Waals surface area contributed by atoms with Gasteiger partial charge in [-0.25, -0.2) is 13.2 Å². The zero-order chi connectivity index (χ0) is 11.3. The fraction of sp³-hybridized carbons (Fsp3) is 0.889. The normalized spacial score (nSPS) is 23.7. The Kier molecular flexibility index (Phi) is 4.38. The second kappa shape index (κ2) is 5.34. The number of sulfone groups is 1. The minimum absolute atomic E-state index is 0.273. The van der Waals surface area contributed by atoms with Gasteiger partial charge >= 0.3 is 6.09 Å². The third-order valence-corrected chi connectivity index (χ3v) is 4.41. The Morgan fingerprint density at radius 3 is 2.80 bits per heavy atom. The first-order valence-corrected chi connectivity index (χ1v) is 6.88. The molecule has 1 aliphatic heterocycles. The maximum absolute atomic E-state index is 11.1. The maximum atomic E-state index is 11.1. The average Bonchev–Trinajstić information content (AvgIpc) is 2.52. The number of amides is 1. The molecule has 1 unspecified atom stereocenters. The molecular weight excluding hydrogens is 218 g/mol. The van der Waals surface area contributed by atoms with Crippen LogP contribution in [-0.4, -0.2) is 39.7 Å². The van der Waals surface area contributed by atoms with Crippen LogP contribution >= 0.6 is 0 Å². The summed E-state index contributed by atoms with van der Waals surface area (Å²) in [7, 11) is -1.45. The molecule has 1 aliphatic rings. The number of nitrogens with one attached hydrogen (secondary N) is 1. The van der Waals surface area contributed by atoms with E-state index in [-0.39, 0.29) is 5.92 Å². The van der Waals surface area contributed by atoms with Crippen LogP contribution in [0.25, 0.3) is 0 Å². The number of carbonyl (C=O) groups is 1. The van der Waals surface area contributed by atoms with E-state index in [0.29, 0.717) is 18.1 Å². The number of hydrogen-bond acceptors (Lipinski definition) is 4. The fourth-order valence-corrected chi connectivity index (χ4v) is 3.66. The van der Waals surface area contributed by atoms with Gasteiger partial charge < -0.3 is 10.1 Å². The number of rotatable bonds is 4. The molecule has 0 aliphatic carbocycles. The van der Waals surface area contributed by atoms with E-state index in [1.54, 1.807) is 0 Å². The predicted molar refractivity (Wildman–Crippen MR) is 56.4 cm³/mol. The number of hydrogen-bond donors (Lipinski definition) is 1. The van der Waals surface area contributed by atoms with Crippen LogP contribution in [0.2, 0.25) is 0 Å². The van der Waals surface area contributed by atoms with Crippen LogP contribution in [0, 0.1) is 5.92 Å². The van der Waals surface area contributed by atoms with E-state index < -0.39 is 15.9 Å². The van der Waals surface area contributed by atoms with E-state index in [2.05, 4.69) is 10.1 Å². The first-order chi connectivity index (χ1) is 7.03. The van der Waals surface area contributed by atoms with Crippen molar-refractivity contribution in [2.45, 2.75) is 19.3 Å². The van der Waals surface area contributed by atoms with Crippen LogP contribution in [-0.2, 0) is 14.6 Å². The van der Waals surface area contributed by atoms with Crippen LogP contribution in [0.15, 0.2) is 0 Å². The molecule has 15 heavy (non-hydrogen) atoms. The number of carbonyl (C=O) groups excluding carboxylic acids is 1. The van der Waals surface area contributed by atoms with Gasteiger partial charge in [0.25, 0.3) is 0 Å². The molecule has 6 heteroatoms. The average molecular weight is 235 g/mol. The quantitative estimate of drug-likeness (QED) is 0.722. The summed E-state index contributed by atoms with van der Waals surface area (Å²) in [5, 5.41) is 2.57. The molecule has 1 fully saturated rings. The van der Waals surface area contributed by atoms with Gasteiger partial charge in [-0.05, 0) is 25.2 Å². The van der Waals surface area contributed by atoms with Gasteiger partial charge in [0.1, 0.15) is 0 Å². The molecule has 0 spiro atoms. The molecule has 1 heterocycles. The van der Waals surface area contributed by atoms with Crippen molar-refractivity contribution < 1.29 is 17.9 Å². The molecule has 1 saturated heterocycles.